The number of piperidine rings is 1. The molecule has 1 saturated heterocycles. The lowest BCUT2D eigenvalue weighted by Crippen LogP contribution is -2.47. The molecule has 0 aliphatic carbocycles. The Morgan fingerprint density at radius 3 is 2.59 bits per heavy atom. The van der Waals surface area contributed by atoms with E-state index in [9.17, 15) is 22.8 Å². The molecule has 1 heterocycles. The Balaban J connectivity index is 2.08. The fraction of sp³-hybridized carbons (Fsp3) is 0.550. The standard InChI is InChI=1S/C20H28N2O6S/c1-5-28-20(25)15-7-6-10-22(12-15)18(23)13-21(3)19(24)17-11-16(29(4,26)27)9-8-14(17)2/h8-9,11,15H,5-7,10,12-13H2,1-4H3. The molecule has 1 aromatic carbocycles. The van der Waals surface area contributed by atoms with Gasteiger partial charge in [0.1, 0.15) is 0 Å². The normalized spacial score (nSPS) is 17.0. The summed E-state index contributed by atoms with van der Waals surface area (Å²) in [6.45, 7) is 4.40. The van der Waals surface area contributed by atoms with E-state index in [-0.39, 0.29) is 41.3 Å². The molecule has 9 heteroatoms. The van der Waals surface area contributed by atoms with Crippen LogP contribution in [-0.2, 0) is 24.2 Å². The van der Waals surface area contributed by atoms with Crippen molar-refractivity contribution in [1.29, 1.82) is 0 Å². The molecule has 29 heavy (non-hydrogen) atoms. The maximum Gasteiger partial charge on any atom is 0.310 e. The summed E-state index contributed by atoms with van der Waals surface area (Å²) in [6, 6.07) is 4.37. The second kappa shape index (κ2) is 9.39. The molecule has 1 unspecified atom stereocenters. The van der Waals surface area contributed by atoms with Crippen LogP contribution < -0.4 is 0 Å². The van der Waals surface area contributed by atoms with Crippen LogP contribution in [0.3, 0.4) is 0 Å². The van der Waals surface area contributed by atoms with Gasteiger partial charge < -0.3 is 14.5 Å². The van der Waals surface area contributed by atoms with Crippen molar-refractivity contribution < 1.29 is 27.5 Å². The smallest absolute Gasteiger partial charge is 0.310 e. The SMILES string of the molecule is CCOC(=O)C1CCCN(C(=O)CN(C)C(=O)c2cc(S(C)(=O)=O)ccc2C)C1. The molecule has 0 saturated carbocycles. The van der Waals surface area contributed by atoms with Crippen LogP contribution in [0.25, 0.3) is 0 Å². The van der Waals surface area contributed by atoms with Gasteiger partial charge in [-0.2, -0.15) is 0 Å². The van der Waals surface area contributed by atoms with Gasteiger partial charge >= 0.3 is 5.97 Å². The Labute approximate surface area is 171 Å². The number of carbonyl (C=O) groups excluding carboxylic acids is 3. The van der Waals surface area contributed by atoms with E-state index in [4.69, 9.17) is 4.74 Å². The maximum absolute atomic E-state index is 12.8. The number of sulfone groups is 1. The Kier molecular flexibility index (Phi) is 7.40. The van der Waals surface area contributed by atoms with Crippen LogP contribution in [0.1, 0.15) is 35.7 Å². The van der Waals surface area contributed by atoms with E-state index in [0.29, 0.717) is 31.6 Å². The van der Waals surface area contributed by atoms with Crippen molar-refractivity contribution in [3.63, 3.8) is 0 Å². The van der Waals surface area contributed by atoms with Gasteiger partial charge in [0.15, 0.2) is 9.84 Å². The van der Waals surface area contributed by atoms with Crippen molar-refractivity contribution in [2.45, 2.75) is 31.6 Å². The van der Waals surface area contributed by atoms with Crippen molar-refractivity contribution in [3.05, 3.63) is 29.3 Å². The van der Waals surface area contributed by atoms with Gasteiger partial charge in [-0.25, -0.2) is 8.42 Å². The van der Waals surface area contributed by atoms with Gasteiger partial charge in [-0.05, 0) is 44.4 Å². The Morgan fingerprint density at radius 2 is 1.97 bits per heavy atom. The molecular weight excluding hydrogens is 396 g/mol. The number of amides is 2. The van der Waals surface area contributed by atoms with E-state index in [1.54, 1.807) is 24.8 Å². The van der Waals surface area contributed by atoms with Gasteiger partial charge in [0.25, 0.3) is 5.91 Å². The summed E-state index contributed by atoms with van der Waals surface area (Å²) in [4.78, 5) is 40.3. The zero-order valence-corrected chi connectivity index (χ0v) is 18.1. The first-order chi connectivity index (χ1) is 13.5. The van der Waals surface area contributed by atoms with Crippen LogP contribution in [-0.4, -0.2) is 75.5 Å². The molecule has 160 valence electrons. The number of nitrogens with zero attached hydrogens (tertiary/aromatic N) is 2. The molecule has 1 atom stereocenters. The van der Waals surface area contributed by atoms with Gasteiger partial charge in [0.05, 0.1) is 24.0 Å². The quantitative estimate of drug-likeness (QED) is 0.638. The number of likely N-dealkylation sites (tertiary alicyclic amines) is 1. The molecule has 1 fully saturated rings. The fourth-order valence-electron chi connectivity index (χ4n) is 3.30. The zero-order chi connectivity index (χ0) is 21.8. The summed E-state index contributed by atoms with van der Waals surface area (Å²) in [5.41, 5.74) is 0.869. The first-order valence-corrected chi connectivity index (χ1v) is 11.4. The molecule has 1 aliphatic rings. The highest BCUT2D eigenvalue weighted by Gasteiger charge is 2.30. The average Bonchev–Trinajstić information content (AvgIpc) is 2.67. The molecule has 0 bridgehead atoms. The first-order valence-electron chi connectivity index (χ1n) is 9.55. The summed E-state index contributed by atoms with van der Waals surface area (Å²) >= 11 is 0. The van der Waals surface area contributed by atoms with E-state index < -0.39 is 15.7 Å². The monoisotopic (exact) mass is 424 g/mol. The number of benzene rings is 1. The van der Waals surface area contributed by atoms with Crippen LogP contribution in [0.2, 0.25) is 0 Å². The van der Waals surface area contributed by atoms with E-state index >= 15 is 0 Å². The van der Waals surface area contributed by atoms with E-state index in [1.165, 1.54) is 24.1 Å². The summed E-state index contributed by atoms with van der Waals surface area (Å²) in [6.07, 6.45) is 2.45. The molecule has 1 aromatic rings. The molecule has 0 N–H and O–H groups in total. The Bertz CT molecular complexity index is 896. The predicted molar refractivity (Wildman–Crippen MR) is 107 cm³/mol. The lowest BCUT2D eigenvalue weighted by molar-refractivity contribution is -0.151. The number of ether oxygens (including phenoxy) is 1. The molecule has 1 aliphatic heterocycles. The number of rotatable bonds is 6. The molecule has 0 radical (unpaired) electrons. The topological polar surface area (TPSA) is 101 Å². The van der Waals surface area contributed by atoms with Crippen molar-refractivity contribution in [2.75, 3.05) is 39.5 Å². The van der Waals surface area contributed by atoms with Crippen molar-refractivity contribution in [1.82, 2.24) is 9.80 Å². The van der Waals surface area contributed by atoms with Gasteiger partial charge in [0.2, 0.25) is 5.91 Å². The summed E-state index contributed by atoms with van der Waals surface area (Å²) in [7, 11) is -1.95. The minimum atomic E-state index is -3.45. The minimum absolute atomic E-state index is 0.0551. The van der Waals surface area contributed by atoms with Gasteiger partial charge in [0, 0.05) is 32.0 Å². The number of hydrogen-bond donors (Lipinski definition) is 0. The molecular formula is C20H28N2O6S. The highest BCUT2D eigenvalue weighted by atomic mass is 32.2. The second-order valence-electron chi connectivity index (χ2n) is 7.34. The van der Waals surface area contributed by atoms with Crippen LogP contribution in [0.4, 0.5) is 0 Å². The highest BCUT2D eigenvalue weighted by molar-refractivity contribution is 7.90. The average molecular weight is 425 g/mol. The zero-order valence-electron chi connectivity index (χ0n) is 17.3. The lowest BCUT2D eigenvalue weighted by atomic mass is 9.98. The van der Waals surface area contributed by atoms with Gasteiger partial charge in [-0.15, -0.1) is 0 Å². The number of aryl methyl sites for hydroxylation is 1. The van der Waals surface area contributed by atoms with Gasteiger partial charge in [-0.3, -0.25) is 14.4 Å². The van der Waals surface area contributed by atoms with Crippen LogP contribution in [0, 0.1) is 12.8 Å². The summed E-state index contributed by atoms with van der Waals surface area (Å²) in [5.74, 6) is -1.34. The van der Waals surface area contributed by atoms with Crippen molar-refractivity contribution >= 4 is 27.6 Å². The lowest BCUT2D eigenvalue weighted by Gasteiger charge is -2.32. The largest absolute Gasteiger partial charge is 0.466 e. The first kappa shape index (κ1) is 22.9. The van der Waals surface area contributed by atoms with E-state index in [0.717, 1.165) is 6.26 Å². The molecule has 2 rings (SSSR count). The number of carbonyl (C=O) groups is 3. The molecule has 0 spiro atoms. The summed E-state index contributed by atoms with van der Waals surface area (Å²) in [5, 5.41) is 0. The third kappa shape index (κ3) is 5.79. The third-order valence-corrected chi connectivity index (χ3v) is 6.09. The third-order valence-electron chi connectivity index (χ3n) is 4.98. The van der Waals surface area contributed by atoms with Gasteiger partial charge in [-0.1, -0.05) is 6.07 Å². The minimum Gasteiger partial charge on any atom is -0.466 e. The fourth-order valence-corrected chi connectivity index (χ4v) is 3.95. The molecule has 8 nitrogen and oxygen atoms in total. The van der Waals surface area contributed by atoms with Crippen molar-refractivity contribution in [2.24, 2.45) is 5.92 Å². The number of hydrogen-bond acceptors (Lipinski definition) is 6. The summed E-state index contributed by atoms with van der Waals surface area (Å²) < 4.78 is 28.6. The molecule has 2 amide bonds. The van der Waals surface area contributed by atoms with E-state index in [2.05, 4.69) is 0 Å². The molecule has 0 aromatic heterocycles. The maximum atomic E-state index is 12.8. The number of likely N-dealkylation sites (N-methyl/N-ethyl adjacent to an activating group) is 1. The second-order valence-corrected chi connectivity index (χ2v) is 9.36. The Hall–Kier alpha value is -2.42. The number of esters is 1. The predicted octanol–water partition coefficient (Wildman–Crippen LogP) is 1.27. The van der Waals surface area contributed by atoms with Crippen LogP contribution in [0.5, 0.6) is 0 Å². The Morgan fingerprint density at radius 1 is 1.28 bits per heavy atom. The van der Waals surface area contributed by atoms with Crippen LogP contribution >= 0.6 is 0 Å². The van der Waals surface area contributed by atoms with Crippen LogP contribution in [0.15, 0.2) is 23.1 Å². The van der Waals surface area contributed by atoms with Crippen molar-refractivity contribution in [3.8, 4) is 0 Å². The highest BCUT2D eigenvalue weighted by Crippen LogP contribution is 2.20. The van der Waals surface area contributed by atoms with E-state index in [1.807, 2.05) is 0 Å².